The third-order valence-corrected chi connectivity index (χ3v) is 2.95. The second-order valence-electron chi connectivity index (χ2n) is 3.97. The Bertz CT molecular complexity index is 393. The van der Waals surface area contributed by atoms with Crippen LogP contribution in [0.1, 0.15) is 17.5 Å². The number of fused-ring (bicyclic) bond motifs is 1. The molecule has 0 unspecified atom stereocenters. The zero-order valence-corrected chi connectivity index (χ0v) is 10.0. The standard InChI is InChI=1S/C12H16N2OS/c15-12-7-10-6-9(2-3-11(10)14-12)8-13-4-1-5-16/h2-3,6,13,16H,1,4-5,7-8H2,(H,14,15). The van der Waals surface area contributed by atoms with Crippen LogP contribution in [0, 0.1) is 0 Å². The van der Waals surface area contributed by atoms with Gasteiger partial charge in [0.2, 0.25) is 5.91 Å². The number of benzene rings is 1. The second-order valence-corrected chi connectivity index (χ2v) is 4.42. The summed E-state index contributed by atoms with van der Waals surface area (Å²) in [4.78, 5) is 11.2. The van der Waals surface area contributed by atoms with Gasteiger partial charge in [-0.15, -0.1) is 0 Å². The van der Waals surface area contributed by atoms with Crippen molar-refractivity contribution < 1.29 is 4.79 Å². The average molecular weight is 236 g/mol. The lowest BCUT2D eigenvalue weighted by atomic mass is 10.1. The summed E-state index contributed by atoms with van der Waals surface area (Å²) in [7, 11) is 0. The Hall–Kier alpha value is -1.00. The van der Waals surface area contributed by atoms with Crippen molar-refractivity contribution in [2.75, 3.05) is 17.6 Å². The Kier molecular flexibility index (Phi) is 3.85. The van der Waals surface area contributed by atoms with Crippen LogP contribution in [0.2, 0.25) is 0 Å². The highest BCUT2D eigenvalue weighted by atomic mass is 32.1. The minimum absolute atomic E-state index is 0.0928. The van der Waals surface area contributed by atoms with Gasteiger partial charge in [-0.3, -0.25) is 4.79 Å². The number of anilines is 1. The SMILES string of the molecule is O=C1Cc2cc(CNCCCS)ccc2N1. The summed E-state index contributed by atoms with van der Waals surface area (Å²) < 4.78 is 0. The van der Waals surface area contributed by atoms with Crippen LogP contribution in [-0.4, -0.2) is 18.2 Å². The normalized spacial score (nSPS) is 13.7. The van der Waals surface area contributed by atoms with Crippen molar-refractivity contribution in [3.8, 4) is 0 Å². The molecule has 1 heterocycles. The van der Waals surface area contributed by atoms with E-state index in [0.717, 1.165) is 36.5 Å². The first-order valence-electron chi connectivity index (χ1n) is 5.53. The average Bonchev–Trinajstić information content (AvgIpc) is 2.64. The molecule has 16 heavy (non-hydrogen) atoms. The minimum Gasteiger partial charge on any atom is -0.326 e. The molecule has 0 aliphatic carbocycles. The van der Waals surface area contributed by atoms with E-state index in [-0.39, 0.29) is 5.91 Å². The fraction of sp³-hybridized carbons (Fsp3) is 0.417. The molecule has 2 rings (SSSR count). The molecule has 1 aromatic rings. The number of nitrogens with one attached hydrogen (secondary N) is 2. The first-order valence-corrected chi connectivity index (χ1v) is 6.16. The van der Waals surface area contributed by atoms with E-state index in [4.69, 9.17) is 0 Å². The zero-order valence-electron chi connectivity index (χ0n) is 9.12. The van der Waals surface area contributed by atoms with Gasteiger partial charge in [-0.2, -0.15) is 12.6 Å². The summed E-state index contributed by atoms with van der Waals surface area (Å²) in [6.07, 6.45) is 1.59. The van der Waals surface area contributed by atoms with E-state index in [1.165, 1.54) is 5.56 Å². The lowest BCUT2D eigenvalue weighted by molar-refractivity contribution is -0.115. The minimum atomic E-state index is 0.0928. The van der Waals surface area contributed by atoms with Crippen LogP contribution in [0.15, 0.2) is 18.2 Å². The zero-order chi connectivity index (χ0) is 11.4. The van der Waals surface area contributed by atoms with Crippen molar-refractivity contribution in [3.05, 3.63) is 29.3 Å². The van der Waals surface area contributed by atoms with Crippen LogP contribution >= 0.6 is 12.6 Å². The van der Waals surface area contributed by atoms with Gasteiger partial charge >= 0.3 is 0 Å². The summed E-state index contributed by atoms with van der Waals surface area (Å²) in [5.41, 5.74) is 3.30. The van der Waals surface area contributed by atoms with Gasteiger partial charge in [0, 0.05) is 12.2 Å². The molecule has 86 valence electrons. The monoisotopic (exact) mass is 236 g/mol. The molecule has 0 spiro atoms. The Balaban J connectivity index is 1.92. The fourth-order valence-electron chi connectivity index (χ4n) is 1.83. The maximum Gasteiger partial charge on any atom is 0.228 e. The Labute approximate surface area is 101 Å². The molecule has 0 aromatic heterocycles. The van der Waals surface area contributed by atoms with Crippen LogP contribution in [0.3, 0.4) is 0 Å². The molecule has 0 saturated carbocycles. The molecule has 1 aliphatic heterocycles. The van der Waals surface area contributed by atoms with E-state index >= 15 is 0 Å². The number of hydrogen-bond acceptors (Lipinski definition) is 3. The maximum absolute atomic E-state index is 11.2. The van der Waals surface area contributed by atoms with Crippen molar-refractivity contribution >= 4 is 24.2 Å². The molecule has 1 amide bonds. The largest absolute Gasteiger partial charge is 0.326 e. The number of carbonyl (C=O) groups is 1. The first kappa shape index (κ1) is 11.5. The van der Waals surface area contributed by atoms with E-state index in [1.54, 1.807) is 0 Å². The Morgan fingerprint density at radius 2 is 2.31 bits per heavy atom. The number of carbonyl (C=O) groups excluding carboxylic acids is 1. The lowest BCUT2D eigenvalue weighted by Crippen LogP contribution is -2.15. The molecule has 0 radical (unpaired) electrons. The van der Waals surface area contributed by atoms with Crippen LogP contribution < -0.4 is 10.6 Å². The quantitative estimate of drug-likeness (QED) is 0.537. The summed E-state index contributed by atoms with van der Waals surface area (Å²) in [5.74, 6) is 1.01. The molecule has 1 aliphatic rings. The number of rotatable bonds is 5. The molecule has 0 fully saturated rings. The smallest absolute Gasteiger partial charge is 0.228 e. The molecule has 0 saturated heterocycles. The molecule has 3 nitrogen and oxygen atoms in total. The van der Waals surface area contributed by atoms with Gasteiger partial charge in [-0.1, -0.05) is 12.1 Å². The van der Waals surface area contributed by atoms with Gasteiger partial charge < -0.3 is 10.6 Å². The predicted molar refractivity (Wildman–Crippen MR) is 69.0 cm³/mol. The van der Waals surface area contributed by atoms with Crippen LogP contribution in [0.4, 0.5) is 5.69 Å². The fourth-order valence-corrected chi connectivity index (χ4v) is 1.99. The van der Waals surface area contributed by atoms with Crippen molar-refractivity contribution in [1.29, 1.82) is 0 Å². The van der Waals surface area contributed by atoms with E-state index in [9.17, 15) is 4.79 Å². The Morgan fingerprint density at radius 3 is 3.12 bits per heavy atom. The molecule has 2 N–H and O–H groups in total. The number of hydrogen-bond donors (Lipinski definition) is 3. The van der Waals surface area contributed by atoms with Gasteiger partial charge in [-0.25, -0.2) is 0 Å². The van der Waals surface area contributed by atoms with Gasteiger partial charge in [0.15, 0.2) is 0 Å². The summed E-state index contributed by atoms with van der Waals surface area (Å²) in [6.45, 7) is 1.84. The predicted octanol–water partition coefficient (Wildman–Crippen LogP) is 1.59. The highest BCUT2D eigenvalue weighted by molar-refractivity contribution is 7.80. The third kappa shape index (κ3) is 2.77. The van der Waals surface area contributed by atoms with Gasteiger partial charge in [0.05, 0.1) is 6.42 Å². The lowest BCUT2D eigenvalue weighted by Gasteiger charge is -2.05. The van der Waals surface area contributed by atoms with E-state index < -0.39 is 0 Å². The molecular weight excluding hydrogens is 220 g/mol. The van der Waals surface area contributed by atoms with Crippen molar-refractivity contribution in [3.63, 3.8) is 0 Å². The van der Waals surface area contributed by atoms with E-state index in [2.05, 4.69) is 35.4 Å². The third-order valence-electron chi connectivity index (χ3n) is 2.64. The molecule has 4 heteroatoms. The summed E-state index contributed by atoms with van der Waals surface area (Å²) >= 11 is 4.16. The molecule has 1 aromatic carbocycles. The molecule has 0 bridgehead atoms. The Morgan fingerprint density at radius 1 is 1.44 bits per heavy atom. The van der Waals surface area contributed by atoms with E-state index in [1.807, 2.05) is 6.07 Å². The van der Waals surface area contributed by atoms with Crippen molar-refractivity contribution in [1.82, 2.24) is 5.32 Å². The highest BCUT2D eigenvalue weighted by Gasteiger charge is 2.16. The van der Waals surface area contributed by atoms with Gasteiger partial charge in [0.25, 0.3) is 0 Å². The topological polar surface area (TPSA) is 41.1 Å². The van der Waals surface area contributed by atoms with Crippen molar-refractivity contribution in [2.24, 2.45) is 0 Å². The van der Waals surface area contributed by atoms with Gasteiger partial charge in [-0.05, 0) is 35.9 Å². The van der Waals surface area contributed by atoms with E-state index in [0.29, 0.717) is 6.42 Å². The van der Waals surface area contributed by atoms with Crippen LogP contribution in [0.5, 0.6) is 0 Å². The summed E-state index contributed by atoms with van der Waals surface area (Å²) in [5, 5.41) is 6.18. The maximum atomic E-state index is 11.2. The van der Waals surface area contributed by atoms with Crippen LogP contribution in [0.25, 0.3) is 0 Å². The van der Waals surface area contributed by atoms with Crippen LogP contribution in [-0.2, 0) is 17.8 Å². The first-order chi connectivity index (χ1) is 7.79. The molecular formula is C12H16N2OS. The number of amides is 1. The number of thiol groups is 1. The summed E-state index contributed by atoms with van der Waals surface area (Å²) in [6, 6.07) is 6.13. The molecule has 0 atom stereocenters. The highest BCUT2D eigenvalue weighted by Crippen LogP contribution is 2.23. The second kappa shape index (κ2) is 5.37. The van der Waals surface area contributed by atoms with Crippen molar-refractivity contribution in [2.45, 2.75) is 19.4 Å². The van der Waals surface area contributed by atoms with Gasteiger partial charge in [0.1, 0.15) is 0 Å².